The van der Waals surface area contributed by atoms with E-state index in [9.17, 15) is 8.42 Å². The topological polar surface area (TPSA) is 99.8 Å². The summed E-state index contributed by atoms with van der Waals surface area (Å²) in [6, 6.07) is 7.47. The van der Waals surface area contributed by atoms with Gasteiger partial charge < -0.3 is 4.90 Å². The van der Waals surface area contributed by atoms with E-state index in [-0.39, 0.29) is 6.04 Å². The van der Waals surface area contributed by atoms with E-state index in [1.165, 1.54) is 4.31 Å². The molecule has 2 aliphatic rings. The van der Waals surface area contributed by atoms with Crippen molar-refractivity contribution in [3.05, 3.63) is 36.7 Å². The Bertz CT molecular complexity index is 1150. The zero-order valence-corrected chi connectivity index (χ0v) is 18.3. The second-order valence-electron chi connectivity index (χ2n) is 8.12. The molecule has 0 unspecified atom stereocenters. The number of anilines is 1. The van der Waals surface area contributed by atoms with Gasteiger partial charge >= 0.3 is 0 Å². The molecule has 2 fully saturated rings. The normalized spacial score (nSPS) is 19.0. The first-order chi connectivity index (χ1) is 15.0. The molecule has 0 radical (unpaired) electrons. The van der Waals surface area contributed by atoms with Gasteiger partial charge in [-0.1, -0.05) is 12.8 Å². The van der Waals surface area contributed by atoms with Gasteiger partial charge in [-0.25, -0.2) is 0 Å². The average molecular weight is 443 g/mol. The Hall–Kier alpha value is -2.63. The molecule has 2 aliphatic heterocycles. The van der Waals surface area contributed by atoms with Gasteiger partial charge in [-0.3, -0.25) is 4.98 Å². The summed E-state index contributed by atoms with van der Waals surface area (Å²) < 4.78 is 31.0. The Balaban J connectivity index is 1.31. The molecule has 0 atom stereocenters. The molecule has 0 spiro atoms. The lowest BCUT2D eigenvalue weighted by Crippen LogP contribution is -2.62. The van der Waals surface area contributed by atoms with Crippen molar-refractivity contribution in [2.24, 2.45) is 0 Å². The van der Waals surface area contributed by atoms with Gasteiger partial charge in [0.15, 0.2) is 11.5 Å². The molecule has 3 aromatic heterocycles. The minimum absolute atomic E-state index is 0.0653. The van der Waals surface area contributed by atoms with E-state index >= 15 is 0 Å². The van der Waals surface area contributed by atoms with Crippen LogP contribution in [0.2, 0.25) is 0 Å². The smallest absolute Gasteiger partial charge is 0.282 e. The lowest BCUT2D eigenvalue weighted by Gasteiger charge is -2.44. The first kappa shape index (κ1) is 20.3. The second kappa shape index (κ2) is 8.13. The summed E-state index contributed by atoms with van der Waals surface area (Å²) >= 11 is 0. The summed E-state index contributed by atoms with van der Waals surface area (Å²) in [4.78, 5) is 6.22. The Morgan fingerprint density at radius 1 is 1.03 bits per heavy atom. The molecule has 31 heavy (non-hydrogen) atoms. The lowest BCUT2D eigenvalue weighted by molar-refractivity contribution is 0.280. The summed E-state index contributed by atoms with van der Waals surface area (Å²) in [5, 5.41) is 13.1. The third-order valence-corrected chi connectivity index (χ3v) is 8.17. The number of likely N-dealkylation sites (N-methyl/N-ethyl adjacent to an activating group) is 1. The Morgan fingerprint density at radius 2 is 1.81 bits per heavy atom. The molecular formula is C20H26N8O2S. The molecular weight excluding hydrogens is 416 g/mol. The van der Waals surface area contributed by atoms with Crippen molar-refractivity contribution in [2.75, 3.05) is 38.1 Å². The van der Waals surface area contributed by atoms with Gasteiger partial charge in [0.2, 0.25) is 0 Å². The van der Waals surface area contributed by atoms with Crippen molar-refractivity contribution in [1.29, 1.82) is 0 Å². The Labute approximate surface area is 181 Å². The molecule has 10 nitrogen and oxygen atoms in total. The number of fused-ring (bicyclic) bond motifs is 1. The van der Waals surface area contributed by atoms with Crippen molar-refractivity contribution in [1.82, 2.24) is 33.4 Å². The maximum Gasteiger partial charge on any atom is 0.282 e. The molecule has 11 heteroatoms. The van der Waals surface area contributed by atoms with Gasteiger partial charge in [0, 0.05) is 51.2 Å². The van der Waals surface area contributed by atoms with Gasteiger partial charge in [-0.2, -0.15) is 21.5 Å². The summed E-state index contributed by atoms with van der Waals surface area (Å²) in [6.45, 7) is 2.44. The van der Waals surface area contributed by atoms with Crippen LogP contribution in [0.5, 0.6) is 0 Å². The van der Waals surface area contributed by atoms with E-state index in [0.717, 1.165) is 37.1 Å². The molecule has 164 valence electrons. The van der Waals surface area contributed by atoms with Crippen LogP contribution < -0.4 is 4.90 Å². The maximum atomic E-state index is 13.0. The zero-order chi connectivity index (χ0) is 21.4. The highest BCUT2D eigenvalue weighted by molar-refractivity contribution is 7.86. The van der Waals surface area contributed by atoms with Crippen molar-refractivity contribution >= 4 is 21.7 Å². The van der Waals surface area contributed by atoms with Crippen molar-refractivity contribution in [3.8, 4) is 11.4 Å². The van der Waals surface area contributed by atoms with Crippen LogP contribution in [-0.4, -0.2) is 81.1 Å². The third kappa shape index (κ3) is 3.77. The maximum absolute atomic E-state index is 13.0. The minimum Gasteiger partial charge on any atom is -0.352 e. The molecule has 0 aliphatic carbocycles. The summed E-state index contributed by atoms with van der Waals surface area (Å²) in [5.74, 6) is 1.40. The molecule has 2 saturated heterocycles. The van der Waals surface area contributed by atoms with Crippen LogP contribution in [0.15, 0.2) is 36.7 Å². The Kier molecular flexibility index (Phi) is 5.32. The SMILES string of the molecule is CN(C1CN(c2ccc3nnc(-c4cccnc4)n3n2)C1)S(=O)(=O)N1CCCCCC1. The van der Waals surface area contributed by atoms with E-state index in [2.05, 4.69) is 20.1 Å². The predicted octanol–water partition coefficient (Wildman–Crippen LogP) is 1.43. The third-order valence-electron chi connectivity index (χ3n) is 6.12. The zero-order valence-electron chi connectivity index (χ0n) is 17.5. The summed E-state index contributed by atoms with van der Waals surface area (Å²) in [5.41, 5.74) is 1.49. The second-order valence-corrected chi connectivity index (χ2v) is 10.1. The summed E-state index contributed by atoms with van der Waals surface area (Å²) in [7, 11) is -1.74. The predicted molar refractivity (Wildman–Crippen MR) is 117 cm³/mol. The fourth-order valence-corrected chi connectivity index (χ4v) is 5.73. The van der Waals surface area contributed by atoms with E-state index in [4.69, 9.17) is 5.10 Å². The first-order valence-corrected chi connectivity index (χ1v) is 12.0. The first-order valence-electron chi connectivity index (χ1n) is 10.6. The fraction of sp³-hybridized carbons (Fsp3) is 0.500. The molecule has 5 heterocycles. The summed E-state index contributed by atoms with van der Waals surface area (Å²) in [6.07, 6.45) is 7.52. The monoisotopic (exact) mass is 442 g/mol. The van der Waals surface area contributed by atoms with E-state index in [1.54, 1.807) is 28.3 Å². The van der Waals surface area contributed by atoms with Crippen LogP contribution in [0.4, 0.5) is 5.82 Å². The van der Waals surface area contributed by atoms with Gasteiger partial charge in [0.25, 0.3) is 10.2 Å². The van der Waals surface area contributed by atoms with Crippen LogP contribution >= 0.6 is 0 Å². The van der Waals surface area contributed by atoms with Gasteiger partial charge in [0.05, 0.1) is 6.04 Å². The highest BCUT2D eigenvalue weighted by Crippen LogP contribution is 2.26. The molecule has 0 saturated carbocycles. The van der Waals surface area contributed by atoms with Gasteiger partial charge in [-0.15, -0.1) is 15.3 Å². The largest absolute Gasteiger partial charge is 0.352 e. The molecule has 0 N–H and O–H groups in total. The van der Waals surface area contributed by atoms with E-state index in [0.29, 0.717) is 37.7 Å². The fourth-order valence-electron chi connectivity index (χ4n) is 4.14. The minimum atomic E-state index is -3.43. The lowest BCUT2D eigenvalue weighted by atomic mass is 10.1. The van der Waals surface area contributed by atoms with Crippen molar-refractivity contribution < 1.29 is 8.42 Å². The van der Waals surface area contributed by atoms with Crippen molar-refractivity contribution in [3.63, 3.8) is 0 Å². The van der Waals surface area contributed by atoms with Crippen molar-refractivity contribution in [2.45, 2.75) is 31.7 Å². The van der Waals surface area contributed by atoms with Crippen LogP contribution in [-0.2, 0) is 10.2 Å². The highest BCUT2D eigenvalue weighted by atomic mass is 32.2. The van der Waals surface area contributed by atoms with Crippen LogP contribution in [0.3, 0.4) is 0 Å². The van der Waals surface area contributed by atoms with Crippen LogP contribution in [0, 0.1) is 0 Å². The van der Waals surface area contributed by atoms with Crippen LogP contribution in [0.25, 0.3) is 17.0 Å². The number of pyridine rings is 1. The number of nitrogens with zero attached hydrogens (tertiary/aromatic N) is 8. The molecule has 0 amide bonds. The number of hydrogen-bond donors (Lipinski definition) is 0. The Morgan fingerprint density at radius 3 is 2.52 bits per heavy atom. The van der Waals surface area contributed by atoms with Gasteiger partial charge in [0.1, 0.15) is 5.82 Å². The average Bonchev–Trinajstić information content (AvgIpc) is 2.97. The molecule has 3 aromatic rings. The highest BCUT2D eigenvalue weighted by Gasteiger charge is 2.39. The van der Waals surface area contributed by atoms with E-state index in [1.807, 2.05) is 24.3 Å². The van der Waals surface area contributed by atoms with Crippen LogP contribution in [0.1, 0.15) is 25.7 Å². The van der Waals surface area contributed by atoms with Gasteiger partial charge in [-0.05, 0) is 37.1 Å². The molecule has 0 aromatic carbocycles. The standard InChI is InChI=1S/C20H26N8O2S/c1-25(31(29,30)27-11-4-2-3-5-12-27)17-14-26(15-17)19-9-8-18-22-23-20(28(18)24-19)16-7-6-10-21-13-16/h6-10,13,17H,2-5,11-12,14-15H2,1H3. The number of aromatic nitrogens is 5. The number of rotatable bonds is 5. The number of hydrogen-bond acceptors (Lipinski definition) is 7. The molecule has 0 bridgehead atoms. The molecule has 5 rings (SSSR count). The van der Waals surface area contributed by atoms with E-state index < -0.39 is 10.2 Å². The quantitative estimate of drug-likeness (QED) is 0.589.